The van der Waals surface area contributed by atoms with Crippen LogP contribution in [0, 0.1) is 0 Å². The summed E-state index contributed by atoms with van der Waals surface area (Å²) in [5, 5.41) is 5.29. The van der Waals surface area contributed by atoms with Gasteiger partial charge in [-0.15, -0.1) is 0 Å². The minimum Gasteiger partial charge on any atom is -0.381 e. The van der Waals surface area contributed by atoms with Gasteiger partial charge in [0.05, 0.1) is 16.1 Å². The first-order valence-corrected chi connectivity index (χ1v) is 8.62. The van der Waals surface area contributed by atoms with Crippen molar-refractivity contribution in [1.29, 1.82) is 0 Å². The molecule has 0 atom stereocenters. The second kappa shape index (κ2) is 6.29. The fraction of sp³-hybridized carbons (Fsp3) is 0.263. The summed E-state index contributed by atoms with van der Waals surface area (Å²) < 4.78 is 0. The quantitative estimate of drug-likeness (QED) is 0.654. The summed E-state index contributed by atoms with van der Waals surface area (Å²) in [6.45, 7) is 0. The predicted molar refractivity (Wildman–Crippen MR) is 97.8 cm³/mol. The third-order valence-corrected chi connectivity index (χ3v) is 5.01. The summed E-state index contributed by atoms with van der Waals surface area (Å²) in [5.41, 5.74) is 4.50. The molecule has 0 bridgehead atoms. The molecule has 1 aliphatic carbocycles. The number of aromatic amines is 1. The number of nitrogens with zero attached hydrogens (tertiary/aromatic N) is 1. The first kappa shape index (κ1) is 15.2. The number of H-pyrrole nitrogens is 1. The van der Waals surface area contributed by atoms with Crippen LogP contribution in [0.3, 0.4) is 0 Å². The van der Waals surface area contributed by atoms with E-state index in [1.54, 1.807) is 6.20 Å². The molecule has 1 aliphatic rings. The zero-order chi connectivity index (χ0) is 16.5. The topological polar surface area (TPSA) is 57.8 Å². The molecule has 0 radical (unpaired) electrons. The number of aromatic nitrogens is 2. The number of nitrogens with one attached hydrogen (secondary N) is 2. The van der Waals surface area contributed by atoms with Gasteiger partial charge in [-0.05, 0) is 18.4 Å². The first-order chi connectivity index (χ1) is 11.8. The van der Waals surface area contributed by atoms with Gasteiger partial charge in [0.15, 0.2) is 0 Å². The molecule has 2 N–H and O–H groups in total. The maximum Gasteiger partial charge on any atom is 0.150 e. The first-order valence-electron chi connectivity index (χ1n) is 8.24. The lowest BCUT2D eigenvalue weighted by Crippen LogP contribution is -2.15. The maximum atomic E-state index is 10.9. The number of pyridine rings is 1. The average Bonchev–Trinajstić information content (AvgIpc) is 3.25. The molecule has 4 nitrogen and oxygen atoms in total. The van der Waals surface area contributed by atoms with Crippen LogP contribution in [-0.2, 0) is 0 Å². The summed E-state index contributed by atoms with van der Waals surface area (Å²) in [6, 6.07) is 8.02. The van der Waals surface area contributed by atoms with Gasteiger partial charge in [0, 0.05) is 29.6 Å². The van der Waals surface area contributed by atoms with Gasteiger partial charge in [0.1, 0.15) is 11.9 Å². The minimum absolute atomic E-state index is 0.467. The smallest absolute Gasteiger partial charge is 0.150 e. The number of anilines is 1. The van der Waals surface area contributed by atoms with E-state index in [-0.39, 0.29) is 0 Å². The Hall–Kier alpha value is -2.33. The molecular weight excluding hydrogens is 322 g/mol. The SMILES string of the molecule is O=Cc1ccc(-c2cnc3[nH]cc(Cl)c3c2NC2CCCC2)cc1. The Morgan fingerprint density at radius 2 is 1.96 bits per heavy atom. The molecule has 0 aliphatic heterocycles. The lowest BCUT2D eigenvalue weighted by molar-refractivity contribution is 0.112. The molecule has 1 fully saturated rings. The van der Waals surface area contributed by atoms with Gasteiger partial charge in [-0.3, -0.25) is 4.79 Å². The third kappa shape index (κ3) is 2.67. The molecule has 2 heterocycles. The van der Waals surface area contributed by atoms with E-state index >= 15 is 0 Å². The van der Waals surface area contributed by atoms with Crippen molar-refractivity contribution in [3.8, 4) is 11.1 Å². The fourth-order valence-electron chi connectivity index (χ4n) is 3.44. The summed E-state index contributed by atoms with van der Waals surface area (Å²) in [7, 11) is 0. The number of benzene rings is 1. The van der Waals surface area contributed by atoms with Crippen LogP contribution in [0.25, 0.3) is 22.2 Å². The van der Waals surface area contributed by atoms with Crippen molar-refractivity contribution in [2.75, 3.05) is 5.32 Å². The zero-order valence-corrected chi connectivity index (χ0v) is 13.9. The Labute approximate surface area is 145 Å². The summed E-state index contributed by atoms with van der Waals surface area (Å²) in [6.07, 6.45) is 9.36. The summed E-state index contributed by atoms with van der Waals surface area (Å²) >= 11 is 6.41. The lowest BCUT2D eigenvalue weighted by Gasteiger charge is -2.18. The second-order valence-corrected chi connectivity index (χ2v) is 6.68. The van der Waals surface area contributed by atoms with E-state index in [2.05, 4.69) is 15.3 Å². The van der Waals surface area contributed by atoms with Crippen molar-refractivity contribution in [1.82, 2.24) is 9.97 Å². The summed E-state index contributed by atoms with van der Waals surface area (Å²) in [4.78, 5) is 18.5. The van der Waals surface area contributed by atoms with Crippen LogP contribution < -0.4 is 5.32 Å². The lowest BCUT2D eigenvalue weighted by atomic mass is 10.0. The van der Waals surface area contributed by atoms with E-state index in [0.717, 1.165) is 34.1 Å². The molecule has 3 aromatic rings. The number of carbonyl (C=O) groups excluding carboxylic acids is 1. The molecule has 0 saturated heterocycles. The highest BCUT2D eigenvalue weighted by Gasteiger charge is 2.20. The van der Waals surface area contributed by atoms with E-state index in [9.17, 15) is 4.79 Å². The van der Waals surface area contributed by atoms with E-state index in [0.29, 0.717) is 16.6 Å². The molecule has 1 saturated carbocycles. The van der Waals surface area contributed by atoms with Crippen LogP contribution in [0.4, 0.5) is 5.69 Å². The van der Waals surface area contributed by atoms with Gasteiger partial charge in [-0.1, -0.05) is 48.7 Å². The van der Waals surface area contributed by atoms with Gasteiger partial charge >= 0.3 is 0 Å². The third-order valence-electron chi connectivity index (χ3n) is 4.71. The van der Waals surface area contributed by atoms with Crippen LogP contribution in [0.5, 0.6) is 0 Å². The molecule has 0 amide bonds. The number of hydrogen-bond donors (Lipinski definition) is 2. The van der Waals surface area contributed by atoms with Crippen LogP contribution in [0.15, 0.2) is 36.7 Å². The van der Waals surface area contributed by atoms with Crippen LogP contribution >= 0.6 is 11.6 Å². The Morgan fingerprint density at radius 3 is 2.67 bits per heavy atom. The van der Waals surface area contributed by atoms with Crippen molar-refractivity contribution in [2.24, 2.45) is 0 Å². The van der Waals surface area contributed by atoms with Gasteiger partial charge in [-0.2, -0.15) is 0 Å². The summed E-state index contributed by atoms with van der Waals surface area (Å²) in [5.74, 6) is 0. The van der Waals surface area contributed by atoms with Gasteiger partial charge in [0.25, 0.3) is 0 Å². The molecule has 2 aromatic heterocycles. The highest BCUT2D eigenvalue weighted by Crippen LogP contribution is 2.38. The number of fused-ring (bicyclic) bond motifs is 1. The highest BCUT2D eigenvalue weighted by atomic mass is 35.5. The molecular formula is C19H18ClN3O. The molecule has 1 aromatic carbocycles. The van der Waals surface area contributed by atoms with E-state index in [4.69, 9.17) is 11.6 Å². The monoisotopic (exact) mass is 339 g/mol. The van der Waals surface area contributed by atoms with Crippen molar-refractivity contribution >= 4 is 34.6 Å². The van der Waals surface area contributed by atoms with Crippen molar-refractivity contribution < 1.29 is 4.79 Å². The van der Waals surface area contributed by atoms with E-state index in [1.807, 2.05) is 30.5 Å². The van der Waals surface area contributed by atoms with E-state index in [1.165, 1.54) is 25.7 Å². The zero-order valence-electron chi connectivity index (χ0n) is 13.2. The number of rotatable bonds is 4. The van der Waals surface area contributed by atoms with Gasteiger partial charge in [0.2, 0.25) is 0 Å². The second-order valence-electron chi connectivity index (χ2n) is 6.27. The van der Waals surface area contributed by atoms with Crippen LogP contribution in [0.2, 0.25) is 5.02 Å². The largest absolute Gasteiger partial charge is 0.381 e. The molecule has 5 heteroatoms. The maximum absolute atomic E-state index is 10.9. The Kier molecular flexibility index (Phi) is 3.98. The number of carbonyl (C=O) groups is 1. The molecule has 0 spiro atoms. The predicted octanol–water partition coefficient (Wildman–Crippen LogP) is 5.05. The average molecular weight is 340 g/mol. The van der Waals surface area contributed by atoms with Crippen molar-refractivity contribution in [3.63, 3.8) is 0 Å². The molecule has 24 heavy (non-hydrogen) atoms. The van der Waals surface area contributed by atoms with Gasteiger partial charge in [-0.25, -0.2) is 4.98 Å². The van der Waals surface area contributed by atoms with Crippen LogP contribution in [0.1, 0.15) is 36.0 Å². The minimum atomic E-state index is 0.467. The Balaban J connectivity index is 1.86. The standard InChI is InChI=1S/C19H18ClN3O/c20-16-10-22-19-17(16)18(23-14-3-1-2-4-14)15(9-21-19)13-7-5-12(11-24)6-8-13/h5-11,14H,1-4H2,(H2,21,22,23). The highest BCUT2D eigenvalue weighted by molar-refractivity contribution is 6.36. The van der Waals surface area contributed by atoms with Crippen LogP contribution in [-0.4, -0.2) is 22.3 Å². The molecule has 4 rings (SSSR count). The number of hydrogen-bond acceptors (Lipinski definition) is 3. The number of aldehydes is 1. The molecule has 0 unspecified atom stereocenters. The Morgan fingerprint density at radius 1 is 1.21 bits per heavy atom. The van der Waals surface area contributed by atoms with Crippen molar-refractivity contribution in [3.05, 3.63) is 47.2 Å². The van der Waals surface area contributed by atoms with Crippen molar-refractivity contribution in [2.45, 2.75) is 31.7 Å². The normalized spacial score (nSPS) is 15.0. The van der Waals surface area contributed by atoms with E-state index < -0.39 is 0 Å². The number of halogens is 1. The van der Waals surface area contributed by atoms with Gasteiger partial charge < -0.3 is 10.3 Å². The Bertz CT molecular complexity index is 880. The molecule has 122 valence electrons. The fourth-order valence-corrected chi connectivity index (χ4v) is 3.68.